The summed E-state index contributed by atoms with van der Waals surface area (Å²) in [5, 5.41) is 2.93. The Morgan fingerprint density at radius 2 is 1.80 bits per heavy atom. The van der Waals surface area contributed by atoms with E-state index in [-0.39, 0.29) is 24.5 Å². The van der Waals surface area contributed by atoms with Gasteiger partial charge in [-0.05, 0) is 69.0 Å². The van der Waals surface area contributed by atoms with E-state index in [1.54, 1.807) is 31.3 Å². The van der Waals surface area contributed by atoms with Crippen LogP contribution in [0.4, 0.5) is 5.69 Å². The van der Waals surface area contributed by atoms with E-state index in [4.69, 9.17) is 9.47 Å². The first-order chi connectivity index (χ1) is 14.3. The molecule has 2 amide bonds. The molecule has 1 heterocycles. The molecule has 0 radical (unpaired) electrons. The molecule has 1 aliphatic rings. The second-order valence-corrected chi connectivity index (χ2v) is 7.95. The van der Waals surface area contributed by atoms with Gasteiger partial charge in [-0.1, -0.05) is 17.7 Å². The fraction of sp³-hybridized carbons (Fsp3) is 0.417. The van der Waals surface area contributed by atoms with Crippen LogP contribution in [0.5, 0.6) is 5.75 Å². The number of carbonyl (C=O) groups excluding carboxylic acids is 2. The van der Waals surface area contributed by atoms with Crippen molar-refractivity contribution < 1.29 is 19.1 Å². The Morgan fingerprint density at radius 1 is 1.13 bits per heavy atom. The zero-order valence-electron chi connectivity index (χ0n) is 18.2. The molecular formula is C24H30N2O4. The first-order valence-electron chi connectivity index (χ1n) is 10.3. The van der Waals surface area contributed by atoms with E-state index < -0.39 is 0 Å². The number of carbonyl (C=O) groups is 2. The van der Waals surface area contributed by atoms with Gasteiger partial charge in [0.1, 0.15) is 12.4 Å². The van der Waals surface area contributed by atoms with E-state index in [0.29, 0.717) is 17.9 Å². The van der Waals surface area contributed by atoms with Crippen molar-refractivity contribution in [3.63, 3.8) is 0 Å². The van der Waals surface area contributed by atoms with Crippen molar-refractivity contribution in [2.75, 3.05) is 32.1 Å². The number of amides is 2. The topological polar surface area (TPSA) is 67.9 Å². The van der Waals surface area contributed by atoms with E-state index in [1.165, 1.54) is 4.90 Å². The first-order valence-corrected chi connectivity index (χ1v) is 10.3. The van der Waals surface area contributed by atoms with Crippen LogP contribution >= 0.6 is 0 Å². The molecule has 3 rings (SSSR count). The van der Waals surface area contributed by atoms with Crippen LogP contribution in [0.3, 0.4) is 0 Å². The van der Waals surface area contributed by atoms with Gasteiger partial charge in [0.05, 0.1) is 12.6 Å². The fourth-order valence-corrected chi connectivity index (χ4v) is 3.72. The molecule has 30 heavy (non-hydrogen) atoms. The Hall–Kier alpha value is -2.86. The summed E-state index contributed by atoms with van der Waals surface area (Å²) >= 11 is 0. The molecule has 0 spiro atoms. The predicted octanol–water partition coefficient (Wildman–Crippen LogP) is 3.88. The van der Waals surface area contributed by atoms with Crippen LogP contribution in [0.15, 0.2) is 36.4 Å². The standard InChI is InChI=1S/C24H30N2O4/c1-16-12-17(2)23(18(3)13-16)25-22(27)14-26(4)24(28)19-7-9-20(10-8-19)30-15-21-6-5-11-29-21/h7-10,12-13,21H,5-6,11,14-15H2,1-4H3,(H,25,27)/t21-/m1/s1. The van der Waals surface area contributed by atoms with Crippen molar-refractivity contribution >= 4 is 17.5 Å². The lowest BCUT2D eigenvalue weighted by molar-refractivity contribution is -0.116. The van der Waals surface area contributed by atoms with Crippen molar-refractivity contribution in [2.45, 2.75) is 39.7 Å². The van der Waals surface area contributed by atoms with Gasteiger partial charge >= 0.3 is 0 Å². The SMILES string of the molecule is Cc1cc(C)c(NC(=O)CN(C)C(=O)c2ccc(OC[C@H]3CCCO3)cc2)c(C)c1. The highest BCUT2D eigenvalue weighted by Crippen LogP contribution is 2.22. The Labute approximate surface area is 178 Å². The van der Waals surface area contributed by atoms with Gasteiger partial charge in [-0.2, -0.15) is 0 Å². The Balaban J connectivity index is 1.54. The van der Waals surface area contributed by atoms with Crippen LogP contribution in [0.1, 0.15) is 39.9 Å². The zero-order chi connectivity index (χ0) is 21.7. The predicted molar refractivity (Wildman–Crippen MR) is 117 cm³/mol. The smallest absolute Gasteiger partial charge is 0.254 e. The number of hydrogen-bond acceptors (Lipinski definition) is 4. The number of nitrogens with zero attached hydrogens (tertiary/aromatic N) is 1. The molecule has 1 N–H and O–H groups in total. The molecule has 6 heteroatoms. The molecular weight excluding hydrogens is 380 g/mol. The maximum absolute atomic E-state index is 12.7. The van der Waals surface area contributed by atoms with Gasteiger partial charge in [0, 0.05) is 24.9 Å². The highest BCUT2D eigenvalue weighted by atomic mass is 16.5. The molecule has 0 unspecified atom stereocenters. The second-order valence-electron chi connectivity index (χ2n) is 7.95. The van der Waals surface area contributed by atoms with Crippen LogP contribution in [0.25, 0.3) is 0 Å². The summed E-state index contributed by atoms with van der Waals surface area (Å²) in [4.78, 5) is 26.6. The first kappa shape index (κ1) is 21.8. The van der Waals surface area contributed by atoms with Crippen LogP contribution in [0, 0.1) is 20.8 Å². The normalized spacial score (nSPS) is 15.7. The van der Waals surface area contributed by atoms with Gasteiger partial charge in [0.2, 0.25) is 5.91 Å². The molecule has 0 saturated carbocycles. The van der Waals surface area contributed by atoms with Gasteiger partial charge in [-0.15, -0.1) is 0 Å². The second kappa shape index (κ2) is 9.76. The monoisotopic (exact) mass is 410 g/mol. The van der Waals surface area contributed by atoms with Crippen LogP contribution in [-0.2, 0) is 9.53 Å². The minimum absolute atomic E-state index is 0.0249. The Morgan fingerprint density at radius 3 is 2.40 bits per heavy atom. The van der Waals surface area contributed by atoms with Gasteiger partial charge in [0.25, 0.3) is 5.91 Å². The number of anilines is 1. The van der Waals surface area contributed by atoms with Gasteiger partial charge < -0.3 is 19.7 Å². The van der Waals surface area contributed by atoms with E-state index >= 15 is 0 Å². The third-order valence-electron chi connectivity index (χ3n) is 5.23. The highest BCUT2D eigenvalue weighted by molar-refractivity contribution is 5.99. The van der Waals surface area contributed by atoms with Crippen molar-refractivity contribution in [2.24, 2.45) is 0 Å². The lowest BCUT2D eigenvalue weighted by Crippen LogP contribution is -2.35. The average molecular weight is 411 g/mol. The summed E-state index contributed by atoms with van der Waals surface area (Å²) in [6.07, 6.45) is 2.24. The van der Waals surface area contributed by atoms with Crippen molar-refractivity contribution in [3.8, 4) is 5.75 Å². The van der Waals surface area contributed by atoms with Crippen LogP contribution in [0.2, 0.25) is 0 Å². The Kier molecular flexibility index (Phi) is 7.11. The summed E-state index contributed by atoms with van der Waals surface area (Å²) in [5.41, 5.74) is 4.48. The van der Waals surface area contributed by atoms with Crippen molar-refractivity contribution in [1.29, 1.82) is 0 Å². The van der Waals surface area contributed by atoms with Gasteiger partial charge in [0.15, 0.2) is 0 Å². The summed E-state index contributed by atoms with van der Waals surface area (Å²) in [6, 6.07) is 11.0. The molecule has 1 aliphatic heterocycles. The molecule has 2 aromatic rings. The number of aryl methyl sites for hydroxylation is 3. The lowest BCUT2D eigenvalue weighted by atomic mass is 10.1. The summed E-state index contributed by atoms with van der Waals surface area (Å²) in [6.45, 7) is 7.25. The fourth-order valence-electron chi connectivity index (χ4n) is 3.72. The van der Waals surface area contributed by atoms with Crippen LogP contribution in [-0.4, -0.2) is 49.6 Å². The van der Waals surface area contributed by atoms with Gasteiger partial charge in [-0.25, -0.2) is 0 Å². The number of rotatable bonds is 7. The number of ether oxygens (including phenoxy) is 2. The number of likely N-dealkylation sites (N-methyl/N-ethyl adjacent to an activating group) is 1. The molecule has 1 saturated heterocycles. The highest BCUT2D eigenvalue weighted by Gasteiger charge is 2.18. The number of hydrogen-bond donors (Lipinski definition) is 1. The maximum Gasteiger partial charge on any atom is 0.254 e. The van der Waals surface area contributed by atoms with Crippen molar-refractivity contribution in [1.82, 2.24) is 4.90 Å². The van der Waals surface area contributed by atoms with E-state index in [1.807, 2.05) is 32.9 Å². The molecule has 0 aromatic heterocycles. The largest absolute Gasteiger partial charge is 0.491 e. The Bertz CT molecular complexity index is 879. The molecule has 0 aliphatic carbocycles. The molecule has 1 atom stereocenters. The minimum Gasteiger partial charge on any atom is -0.491 e. The molecule has 160 valence electrons. The van der Waals surface area contributed by atoms with E-state index in [0.717, 1.165) is 41.8 Å². The van der Waals surface area contributed by atoms with Gasteiger partial charge in [-0.3, -0.25) is 9.59 Å². The molecule has 2 aromatic carbocycles. The molecule has 6 nitrogen and oxygen atoms in total. The molecule has 0 bridgehead atoms. The number of nitrogens with one attached hydrogen (secondary N) is 1. The van der Waals surface area contributed by atoms with Crippen molar-refractivity contribution in [3.05, 3.63) is 58.7 Å². The van der Waals surface area contributed by atoms with E-state index in [2.05, 4.69) is 5.32 Å². The summed E-state index contributed by atoms with van der Waals surface area (Å²) in [7, 11) is 1.62. The van der Waals surface area contributed by atoms with E-state index in [9.17, 15) is 9.59 Å². The lowest BCUT2D eigenvalue weighted by Gasteiger charge is -2.19. The molecule has 1 fully saturated rings. The quantitative estimate of drug-likeness (QED) is 0.752. The van der Waals surface area contributed by atoms with Crippen LogP contribution < -0.4 is 10.1 Å². The third kappa shape index (κ3) is 5.60. The number of benzene rings is 2. The minimum atomic E-state index is -0.225. The maximum atomic E-state index is 12.7. The summed E-state index contributed by atoms with van der Waals surface area (Å²) < 4.78 is 11.3. The summed E-state index contributed by atoms with van der Waals surface area (Å²) in [5.74, 6) is 0.262. The average Bonchev–Trinajstić information content (AvgIpc) is 3.22. The third-order valence-corrected chi connectivity index (χ3v) is 5.23. The zero-order valence-corrected chi connectivity index (χ0v) is 18.2.